The lowest BCUT2D eigenvalue weighted by Crippen LogP contribution is -2.49. The first-order valence-corrected chi connectivity index (χ1v) is 12.8. The Balaban J connectivity index is 1.66. The zero-order valence-corrected chi connectivity index (χ0v) is 21.9. The first-order valence-electron chi connectivity index (χ1n) is 12.0. The van der Waals surface area contributed by atoms with Crippen LogP contribution in [0, 0.1) is 13.8 Å². The number of carbonyl (C=O) groups is 1. The van der Waals surface area contributed by atoms with Crippen LogP contribution in [0.15, 0.2) is 42.5 Å². The molecule has 1 aliphatic heterocycles. The summed E-state index contributed by atoms with van der Waals surface area (Å²) in [5, 5.41) is 12.0. The molecule has 1 saturated heterocycles. The molecule has 0 amide bonds. The van der Waals surface area contributed by atoms with Gasteiger partial charge in [0.2, 0.25) is 0 Å². The average molecular weight is 490 g/mol. The number of aromatic nitrogens is 1. The van der Waals surface area contributed by atoms with Crippen LogP contribution in [0.3, 0.4) is 0 Å². The molecular formula is C29H31NO4S. The topological polar surface area (TPSA) is 68.7 Å². The number of rotatable bonds is 4. The highest BCUT2D eigenvalue weighted by molar-refractivity contribution is 7.22. The maximum Gasteiger partial charge on any atom is 0.336 e. The van der Waals surface area contributed by atoms with Gasteiger partial charge in [-0.3, -0.25) is 0 Å². The maximum absolute atomic E-state index is 12.5. The van der Waals surface area contributed by atoms with Gasteiger partial charge in [-0.15, -0.1) is 11.3 Å². The fourth-order valence-electron chi connectivity index (χ4n) is 5.51. The number of nitrogens with zero attached hydrogens (tertiary/aromatic N) is 1. The molecule has 5 nitrogen and oxygen atoms in total. The number of aryl methyl sites for hydroxylation is 2. The molecule has 0 bridgehead atoms. The van der Waals surface area contributed by atoms with Gasteiger partial charge in [-0.1, -0.05) is 24.3 Å². The Hall–Kier alpha value is -2.96. The molecule has 1 aliphatic rings. The second-order valence-electron chi connectivity index (χ2n) is 10.8. The summed E-state index contributed by atoms with van der Waals surface area (Å²) in [5.41, 5.74) is 2.95. The molecular weight excluding hydrogens is 458 g/mol. The third-order valence-electron chi connectivity index (χ3n) is 6.72. The van der Waals surface area contributed by atoms with Gasteiger partial charge in [0.05, 0.1) is 38.2 Å². The Kier molecular flexibility index (Phi) is 5.65. The van der Waals surface area contributed by atoms with E-state index in [0.717, 1.165) is 33.5 Å². The number of ether oxygens (including phenoxy) is 2. The Morgan fingerprint density at radius 2 is 1.77 bits per heavy atom. The van der Waals surface area contributed by atoms with Gasteiger partial charge in [0.25, 0.3) is 0 Å². The summed E-state index contributed by atoms with van der Waals surface area (Å²) < 4.78 is 13.9. The quantitative estimate of drug-likeness (QED) is 0.321. The molecule has 1 N–H and O–H groups in total. The van der Waals surface area contributed by atoms with Crippen LogP contribution in [0.5, 0.6) is 5.75 Å². The van der Waals surface area contributed by atoms with Gasteiger partial charge in [-0.25, -0.2) is 9.78 Å². The fourth-order valence-corrected chi connectivity index (χ4v) is 6.68. The van der Waals surface area contributed by atoms with E-state index in [1.807, 2.05) is 31.2 Å². The largest absolute Gasteiger partial charge is 0.489 e. The average Bonchev–Trinajstić information content (AvgIpc) is 3.09. The molecule has 0 atom stereocenters. The molecule has 2 aromatic heterocycles. The number of carboxylic acid groups (broad SMARTS) is 1. The van der Waals surface area contributed by atoms with Crippen LogP contribution in [0.4, 0.5) is 0 Å². The van der Waals surface area contributed by atoms with Crippen LogP contribution in [0.1, 0.15) is 62.0 Å². The van der Waals surface area contributed by atoms with Gasteiger partial charge in [0.15, 0.2) is 0 Å². The number of thiophene rings is 1. The van der Waals surface area contributed by atoms with Crippen molar-refractivity contribution in [3.8, 4) is 16.3 Å². The van der Waals surface area contributed by atoms with Crippen LogP contribution in [-0.4, -0.2) is 33.4 Å². The number of hydrogen-bond donors (Lipinski definition) is 1. The molecule has 4 aromatic rings. The Labute approximate surface area is 209 Å². The monoisotopic (exact) mass is 489 g/mol. The number of benzene rings is 2. The molecule has 0 saturated carbocycles. The fraction of sp³-hybridized carbons (Fsp3) is 0.379. The van der Waals surface area contributed by atoms with Gasteiger partial charge in [0.1, 0.15) is 11.9 Å². The van der Waals surface area contributed by atoms with E-state index in [0.29, 0.717) is 22.3 Å². The zero-order valence-electron chi connectivity index (χ0n) is 21.1. The van der Waals surface area contributed by atoms with E-state index < -0.39 is 5.97 Å². The minimum atomic E-state index is -0.986. The number of hydrogen-bond acceptors (Lipinski definition) is 5. The van der Waals surface area contributed by atoms with Crippen LogP contribution in [0.25, 0.3) is 31.6 Å². The molecule has 182 valence electrons. The van der Waals surface area contributed by atoms with Crippen molar-refractivity contribution in [2.45, 2.75) is 71.7 Å². The molecule has 3 heterocycles. The van der Waals surface area contributed by atoms with Crippen LogP contribution < -0.4 is 4.74 Å². The van der Waals surface area contributed by atoms with Crippen molar-refractivity contribution >= 4 is 38.3 Å². The summed E-state index contributed by atoms with van der Waals surface area (Å²) in [6, 6.07) is 13.8. The molecule has 0 spiro atoms. The van der Waals surface area contributed by atoms with E-state index in [2.05, 4.69) is 46.8 Å². The van der Waals surface area contributed by atoms with E-state index in [4.69, 9.17) is 14.5 Å². The second-order valence-corrected chi connectivity index (χ2v) is 11.8. The third kappa shape index (κ3) is 4.41. The Morgan fingerprint density at radius 3 is 2.43 bits per heavy atom. The highest BCUT2D eigenvalue weighted by Gasteiger charge is 2.40. The Morgan fingerprint density at radius 1 is 1.09 bits per heavy atom. The first kappa shape index (κ1) is 23.8. The van der Waals surface area contributed by atoms with E-state index in [-0.39, 0.29) is 22.9 Å². The highest BCUT2D eigenvalue weighted by Crippen LogP contribution is 2.42. The van der Waals surface area contributed by atoms with E-state index in [1.165, 1.54) is 5.39 Å². The molecule has 0 unspecified atom stereocenters. The van der Waals surface area contributed by atoms with Crippen LogP contribution in [-0.2, 0) is 4.74 Å². The summed E-state index contributed by atoms with van der Waals surface area (Å²) in [4.78, 5) is 18.5. The lowest BCUT2D eigenvalue weighted by molar-refractivity contribution is -0.182. The highest BCUT2D eigenvalue weighted by atomic mass is 32.1. The summed E-state index contributed by atoms with van der Waals surface area (Å²) >= 11 is 1.64. The number of pyridine rings is 1. The smallest absolute Gasteiger partial charge is 0.336 e. The molecule has 5 rings (SSSR count). The van der Waals surface area contributed by atoms with Gasteiger partial charge in [-0.2, -0.15) is 0 Å². The molecule has 0 aliphatic carbocycles. The van der Waals surface area contributed by atoms with Gasteiger partial charge < -0.3 is 14.6 Å². The van der Waals surface area contributed by atoms with E-state index in [1.54, 1.807) is 17.4 Å². The summed E-state index contributed by atoms with van der Waals surface area (Å²) in [6.07, 6.45) is 1.35. The van der Waals surface area contributed by atoms with Crippen molar-refractivity contribution in [1.82, 2.24) is 4.98 Å². The first-order chi connectivity index (χ1) is 16.4. The normalized spacial score (nSPS) is 17.7. The zero-order chi connectivity index (χ0) is 25.1. The summed E-state index contributed by atoms with van der Waals surface area (Å²) in [7, 11) is 0. The molecule has 0 radical (unpaired) electrons. The minimum Gasteiger partial charge on any atom is -0.489 e. The maximum atomic E-state index is 12.5. The van der Waals surface area contributed by atoms with Gasteiger partial charge in [-0.05, 0) is 76.3 Å². The number of fused-ring (bicyclic) bond motifs is 2. The SMILES string of the molecule is Cc1c(-c2cc(C(=O)O)c3c(OC4CC(C)(C)OC(C)(C)C4)ccc(C)c3n2)sc2ccccc12. The van der Waals surface area contributed by atoms with Crippen LogP contribution in [0.2, 0.25) is 0 Å². The molecule has 35 heavy (non-hydrogen) atoms. The minimum absolute atomic E-state index is 0.0918. The second kappa shape index (κ2) is 8.32. The predicted molar refractivity (Wildman–Crippen MR) is 142 cm³/mol. The number of aromatic carboxylic acids is 1. The van der Waals surface area contributed by atoms with Crippen molar-refractivity contribution in [1.29, 1.82) is 0 Å². The lowest BCUT2D eigenvalue weighted by Gasteiger charge is -2.45. The molecule has 6 heteroatoms. The predicted octanol–water partition coefficient (Wildman–Crippen LogP) is 7.55. The lowest BCUT2D eigenvalue weighted by atomic mass is 9.87. The summed E-state index contributed by atoms with van der Waals surface area (Å²) in [6.45, 7) is 12.3. The molecule has 1 fully saturated rings. The van der Waals surface area contributed by atoms with Gasteiger partial charge >= 0.3 is 5.97 Å². The van der Waals surface area contributed by atoms with Crippen molar-refractivity contribution < 1.29 is 19.4 Å². The van der Waals surface area contributed by atoms with Crippen molar-refractivity contribution in [2.75, 3.05) is 0 Å². The van der Waals surface area contributed by atoms with Crippen molar-refractivity contribution in [2.24, 2.45) is 0 Å². The molecule has 2 aromatic carbocycles. The third-order valence-corrected chi connectivity index (χ3v) is 8.01. The Bertz CT molecular complexity index is 1450. The van der Waals surface area contributed by atoms with Crippen LogP contribution >= 0.6 is 11.3 Å². The van der Waals surface area contributed by atoms with E-state index >= 15 is 0 Å². The van der Waals surface area contributed by atoms with Gasteiger partial charge in [0, 0.05) is 17.5 Å². The number of carboxylic acids is 1. The summed E-state index contributed by atoms with van der Waals surface area (Å²) in [5.74, 6) is -0.422. The van der Waals surface area contributed by atoms with Crippen molar-refractivity contribution in [3.63, 3.8) is 0 Å². The standard InChI is InChI=1S/C29H31NO4S/c1-16-11-12-22(33-18-14-28(3,4)34-29(5,6)15-18)24-20(27(31)32)13-21(30-25(16)24)26-17(2)19-9-7-8-10-23(19)35-26/h7-13,18H,14-15H2,1-6H3,(H,31,32). The van der Waals surface area contributed by atoms with E-state index in [9.17, 15) is 9.90 Å². The van der Waals surface area contributed by atoms with Crippen molar-refractivity contribution in [3.05, 3.63) is 59.2 Å².